The van der Waals surface area contributed by atoms with Gasteiger partial charge in [0.15, 0.2) is 12.3 Å². The van der Waals surface area contributed by atoms with Gasteiger partial charge in [-0.1, -0.05) is 17.7 Å². The van der Waals surface area contributed by atoms with Crippen LogP contribution in [0.25, 0.3) is 0 Å². The Kier molecular flexibility index (Phi) is 6.22. The van der Waals surface area contributed by atoms with Crippen molar-refractivity contribution < 1.29 is 32.0 Å². The second kappa shape index (κ2) is 8.52. The maximum Gasteiger partial charge on any atom is 0.330 e. The molecule has 11 nitrogen and oxygen atoms in total. The summed E-state index contributed by atoms with van der Waals surface area (Å²) in [5.74, 6) is -0.639. The number of aliphatic hydroxyl groups excluding tert-OH is 1. The van der Waals surface area contributed by atoms with E-state index in [1.165, 1.54) is 12.1 Å². The van der Waals surface area contributed by atoms with Crippen LogP contribution in [0.3, 0.4) is 0 Å². The van der Waals surface area contributed by atoms with E-state index in [0.717, 1.165) is 29.3 Å². The van der Waals surface area contributed by atoms with Crippen LogP contribution < -0.4 is 11.2 Å². The van der Waals surface area contributed by atoms with E-state index in [9.17, 15) is 27.9 Å². The van der Waals surface area contributed by atoms with Gasteiger partial charge in [0, 0.05) is 19.2 Å². The highest BCUT2D eigenvalue weighted by Gasteiger charge is 2.48. The summed E-state index contributed by atoms with van der Waals surface area (Å²) in [6.45, 7) is 2.54. The van der Waals surface area contributed by atoms with Gasteiger partial charge in [0.05, 0.1) is 4.90 Å². The van der Waals surface area contributed by atoms with Gasteiger partial charge < -0.3 is 14.6 Å². The monoisotopic (exact) mass is 440 g/mol. The number of carbonyl (C=O) groups excluding carboxylic acids is 1. The molecule has 0 spiro atoms. The topological polar surface area (TPSA) is 154 Å². The summed E-state index contributed by atoms with van der Waals surface area (Å²) >= 11 is 0. The van der Waals surface area contributed by atoms with Crippen LogP contribution >= 0.6 is 0 Å². The van der Waals surface area contributed by atoms with Crippen molar-refractivity contribution in [3.8, 4) is 0 Å². The lowest BCUT2D eigenvalue weighted by atomic mass is 10.1. The first kappa shape index (κ1) is 21.9. The summed E-state index contributed by atoms with van der Waals surface area (Å²) < 4.78 is 41.9. The zero-order valence-corrected chi connectivity index (χ0v) is 16.9. The molecule has 4 atom stereocenters. The molecule has 1 fully saturated rings. The fourth-order valence-corrected chi connectivity index (χ4v) is 4.00. The number of nitrogens with one attached hydrogen (secondary N) is 1. The van der Waals surface area contributed by atoms with Crippen LogP contribution in [-0.4, -0.2) is 54.0 Å². The number of H-pyrrole nitrogens is 1. The summed E-state index contributed by atoms with van der Waals surface area (Å²) in [6, 6.07) is 6.85. The zero-order chi connectivity index (χ0) is 22.1. The summed E-state index contributed by atoms with van der Waals surface area (Å²) in [5.41, 5.74) is -0.734. The van der Waals surface area contributed by atoms with Gasteiger partial charge in [0.25, 0.3) is 15.7 Å². The number of hydrogen-bond acceptors (Lipinski definition) is 9. The normalized spacial score (nSPS) is 24.0. The molecule has 1 saturated heterocycles. The highest BCUT2D eigenvalue weighted by atomic mass is 32.2. The van der Waals surface area contributed by atoms with Crippen molar-refractivity contribution in [2.24, 2.45) is 0 Å². The van der Waals surface area contributed by atoms with Crippen LogP contribution in [0, 0.1) is 6.92 Å². The molecule has 0 aliphatic carbocycles. The Bertz CT molecular complexity index is 1140. The Balaban J connectivity index is 1.96. The fourth-order valence-electron chi connectivity index (χ4n) is 2.92. The van der Waals surface area contributed by atoms with E-state index < -0.39 is 58.5 Å². The number of benzene rings is 1. The first-order valence-electron chi connectivity index (χ1n) is 8.87. The largest absolute Gasteiger partial charge is 0.463 e. The van der Waals surface area contributed by atoms with E-state index in [1.807, 2.05) is 4.98 Å². The molecule has 1 aliphatic heterocycles. The molecular formula is C18H20N2O9S. The van der Waals surface area contributed by atoms with Crippen LogP contribution in [0.5, 0.6) is 0 Å². The molecule has 162 valence electrons. The Hall–Kier alpha value is -2.80. The molecular weight excluding hydrogens is 420 g/mol. The van der Waals surface area contributed by atoms with E-state index in [2.05, 4.69) is 0 Å². The molecule has 1 aromatic carbocycles. The van der Waals surface area contributed by atoms with Crippen molar-refractivity contribution in [1.82, 2.24) is 9.55 Å². The van der Waals surface area contributed by atoms with Gasteiger partial charge in [-0.15, -0.1) is 0 Å². The molecule has 1 aliphatic rings. The third-order valence-corrected chi connectivity index (χ3v) is 5.76. The number of ether oxygens (including phenoxy) is 2. The van der Waals surface area contributed by atoms with Crippen molar-refractivity contribution in [1.29, 1.82) is 0 Å². The third-order valence-electron chi connectivity index (χ3n) is 4.44. The van der Waals surface area contributed by atoms with Crippen molar-refractivity contribution in [3.63, 3.8) is 0 Å². The standard InChI is InChI=1S/C18H20N2O9S/c1-10-3-5-12(6-4-10)30(25,26)29-16-15(23)13(9-27-11(2)21)28-17(16)20-8-7-14(22)19-18(20)24/h3-8,13,15-17,23H,9H2,1-2H3,(H,19,22,24)/t13-,15+,16?,17-/m1/s1. The highest BCUT2D eigenvalue weighted by Crippen LogP contribution is 2.33. The zero-order valence-electron chi connectivity index (χ0n) is 16.0. The van der Waals surface area contributed by atoms with Gasteiger partial charge in [-0.25, -0.2) is 4.79 Å². The number of aliphatic hydroxyl groups is 1. The molecule has 1 aromatic heterocycles. The van der Waals surface area contributed by atoms with Gasteiger partial charge in [0.2, 0.25) is 0 Å². The molecule has 12 heteroatoms. The molecule has 1 unspecified atom stereocenters. The summed E-state index contributed by atoms with van der Waals surface area (Å²) in [6.07, 6.45) is -4.61. The SMILES string of the molecule is CC(=O)OC[C@H]1O[C@@H](n2ccc(=O)[nH]c2=O)C(OS(=O)(=O)c2ccc(C)cc2)[C@H]1O. The second-order valence-electron chi connectivity index (χ2n) is 6.70. The fraction of sp³-hybridized carbons (Fsp3) is 0.389. The lowest BCUT2D eigenvalue weighted by Gasteiger charge is -2.21. The number of nitrogens with zero attached hydrogens (tertiary/aromatic N) is 1. The Morgan fingerprint density at radius 2 is 1.90 bits per heavy atom. The predicted octanol–water partition coefficient (Wildman–Crippen LogP) is -0.559. The van der Waals surface area contributed by atoms with Gasteiger partial charge in [0.1, 0.15) is 18.8 Å². The lowest BCUT2D eigenvalue weighted by Crippen LogP contribution is -2.40. The highest BCUT2D eigenvalue weighted by molar-refractivity contribution is 7.86. The van der Waals surface area contributed by atoms with Crippen LogP contribution in [0.2, 0.25) is 0 Å². The van der Waals surface area contributed by atoms with Crippen LogP contribution in [-0.2, 0) is 28.6 Å². The molecule has 30 heavy (non-hydrogen) atoms. The minimum atomic E-state index is -4.35. The van der Waals surface area contributed by atoms with E-state index in [1.54, 1.807) is 19.1 Å². The first-order chi connectivity index (χ1) is 14.1. The summed E-state index contributed by atoms with van der Waals surface area (Å²) in [5, 5.41) is 10.6. The number of carbonyl (C=O) groups is 1. The smallest absolute Gasteiger partial charge is 0.330 e. The number of hydrogen-bond donors (Lipinski definition) is 2. The van der Waals surface area contributed by atoms with Crippen molar-refractivity contribution in [2.45, 2.75) is 43.3 Å². The van der Waals surface area contributed by atoms with Gasteiger partial charge >= 0.3 is 11.7 Å². The van der Waals surface area contributed by atoms with Crippen LogP contribution in [0.15, 0.2) is 51.0 Å². The van der Waals surface area contributed by atoms with Crippen LogP contribution in [0.1, 0.15) is 18.7 Å². The van der Waals surface area contributed by atoms with E-state index in [-0.39, 0.29) is 4.90 Å². The molecule has 0 amide bonds. The maximum absolute atomic E-state index is 12.7. The van der Waals surface area contributed by atoms with E-state index >= 15 is 0 Å². The summed E-state index contributed by atoms with van der Waals surface area (Å²) in [7, 11) is -4.35. The van der Waals surface area contributed by atoms with Crippen molar-refractivity contribution in [2.75, 3.05) is 6.61 Å². The van der Waals surface area contributed by atoms with Crippen LogP contribution in [0.4, 0.5) is 0 Å². The minimum Gasteiger partial charge on any atom is -0.463 e. The van der Waals surface area contributed by atoms with Gasteiger partial charge in [-0.2, -0.15) is 8.42 Å². The first-order valence-corrected chi connectivity index (χ1v) is 10.3. The Labute approximate surface area is 171 Å². The Morgan fingerprint density at radius 3 is 2.50 bits per heavy atom. The van der Waals surface area contributed by atoms with Crippen molar-refractivity contribution in [3.05, 3.63) is 62.9 Å². The number of aryl methyl sites for hydroxylation is 1. The minimum absolute atomic E-state index is 0.156. The summed E-state index contributed by atoms with van der Waals surface area (Å²) in [4.78, 5) is 36.5. The van der Waals surface area contributed by atoms with Gasteiger partial charge in [-0.3, -0.25) is 23.3 Å². The van der Waals surface area contributed by atoms with E-state index in [4.69, 9.17) is 13.7 Å². The number of rotatable bonds is 6. The molecule has 0 radical (unpaired) electrons. The van der Waals surface area contributed by atoms with Gasteiger partial charge in [-0.05, 0) is 19.1 Å². The number of aromatic amines is 1. The molecule has 2 heterocycles. The lowest BCUT2D eigenvalue weighted by molar-refractivity contribution is -0.147. The maximum atomic E-state index is 12.7. The molecule has 0 bridgehead atoms. The third kappa shape index (κ3) is 4.67. The van der Waals surface area contributed by atoms with E-state index in [0.29, 0.717) is 0 Å². The molecule has 2 aromatic rings. The Morgan fingerprint density at radius 1 is 1.23 bits per heavy atom. The molecule has 0 saturated carbocycles. The quantitative estimate of drug-likeness (QED) is 0.444. The average Bonchev–Trinajstić information content (AvgIpc) is 2.96. The predicted molar refractivity (Wildman–Crippen MR) is 101 cm³/mol. The molecule has 2 N–H and O–H groups in total. The average molecular weight is 440 g/mol. The van der Waals surface area contributed by atoms with Crippen molar-refractivity contribution >= 4 is 16.1 Å². The second-order valence-corrected chi connectivity index (χ2v) is 8.28. The number of aromatic nitrogens is 2. The number of esters is 1. The molecule has 3 rings (SSSR count).